The van der Waals surface area contributed by atoms with Crippen LogP contribution in [0.5, 0.6) is 0 Å². The lowest BCUT2D eigenvalue weighted by molar-refractivity contribution is 0.0697. The van der Waals surface area contributed by atoms with Crippen molar-refractivity contribution in [3.63, 3.8) is 0 Å². The van der Waals surface area contributed by atoms with Gasteiger partial charge >= 0.3 is 5.97 Å². The van der Waals surface area contributed by atoms with Gasteiger partial charge in [-0.1, -0.05) is 35.9 Å². The number of imidazole rings is 1. The molecule has 5 aromatic rings. The molecule has 0 atom stereocenters. The Hall–Kier alpha value is -3.77. The van der Waals surface area contributed by atoms with Gasteiger partial charge in [-0.25, -0.2) is 19.7 Å². The topological polar surface area (TPSA) is 91.8 Å². The number of halogens is 1. The van der Waals surface area contributed by atoms with E-state index in [1.54, 1.807) is 24.3 Å². The molecule has 5 rings (SSSR count). The summed E-state index contributed by atoms with van der Waals surface area (Å²) in [5, 5.41) is 9.87. The second-order valence-corrected chi connectivity index (χ2v) is 6.98. The first-order chi connectivity index (χ1) is 14.1. The molecule has 0 aliphatic rings. The van der Waals surface area contributed by atoms with Gasteiger partial charge in [-0.3, -0.25) is 0 Å². The van der Waals surface area contributed by atoms with E-state index in [0.29, 0.717) is 33.3 Å². The summed E-state index contributed by atoms with van der Waals surface area (Å²) >= 11 is 6.04. The van der Waals surface area contributed by atoms with Crippen molar-refractivity contribution in [2.75, 3.05) is 0 Å². The van der Waals surface area contributed by atoms with Crippen molar-refractivity contribution in [1.29, 1.82) is 0 Å². The van der Waals surface area contributed by atoms with Crippen LogP contribution in [0.1, 0.15) is 10.4 Å². The lowest BCUT2D eigenvalue weighted by atomic mass is 10.1. The Morgan fingerprint density at radius 1 is 0.828 bits per heavy atom. The number of rotatable bonds is 3. The molecule has 0 saturated heterocycles. The maximum atomic E-state index is 11.3. The van der Waals surface area contributed by atoms with E-state index in [9.17, 15) is 9.90 Å². The molecule has 0 saturated carbocycles. The number of aromatic amines is 1. The molecule has 3 aromatic carbocycles. The van der Waals surface area contributed by atoms with Crippen molar-refractivity contribution in [3.05, 3.63) is 77.3 Å². The lowest BCUT2D eigenvalue weighted by Crippen LogP contribution is -1.96. The standard InChI is InChI=1S/C22H13ClN4O2/c23-14-8-5-12(6-9-14)19-20(25-16-4-2-1-3-15(16)24-19)21-26-17-10-7-13(22(28)29)11-18(17)27-21/h1-11H,(H,26,27)(H,28,29). The van der Waals surface area contributed by atoms with Crippen LogP contribution < -0.4 is 0 Å². The Morgan fingerprint density at radius 2 is 1.52 bits per heavy atom. The molecule has 29 heavy (non-hydrogen) atoms. The molecule has 0 aliphatic heterocycles. The van der Waals surface area contributed by atoms with Crippen molar-refractivity contribution < 1.29 is 9.90 Å². The summed E-state index contributed by atoms with van der Waals surface area (Å²) in [6, 6.07) is 19.8. The number of fused-ring (bicyclic) bond motifs is 2. The van der Waals surface area contributed by atoms with Gasteiger partial charge in [0.25, 0.3) is 0 Å². The number of aromatic carboxylic acids is 1. The Balaban J connectivity index is 1.76. The number of carboxylic acids is 1. The van der Waals surface area contributed by atoms with E-state index < -0.39 is 5.97 Å². The highest BCUT2D eigenvalue weighted by molar-refractivity contribution is 6.30. The molecule has 6 nitrogen and oxygen atoms in total. The number of hydrogen-bond donors (Lipinski definition) is 2. The summed E-state index contributed by atoms with van der Waals surface area (Å²) in [5.74, 6) is -0.471. The average molecular weight is 401 g/mol. The molecular formula is C22H13ClN4O2. The van der Waals surface area contributed by atoms with Crippen LogP contribution in [0.3, 0.4) is 0 Å². The predicted molar refractivity (Wildman–Crippen MR) is 112 cm³/mol. The molecule has 0 amide bonds. The molecular weight excluding hydrogens is 388 g/mol. The maximum Gasteiger partial charge on any atom is 0.335 e. The lowest BCUT2D eigenvalue weighted by Gasteiger charge is -2.08. The third-order valence-electron chi connectivity index (χ3n) is 4.64. The third kappa shape index (κ3) is 3.09. The summed E-state index contributed by atoms with van der Waals surface area (Å²) in [5.41, 5.74) is 5.08. The summed E-state index contributed by atoms with van der Waals surface area (Å²) in [6.45, 7) is 0. The minimum Gasteiger partial charge on any atom is -0.478 e. The number of aromatic nitrogens is 4. The first-order valence-electron chi connectivity index (χ1n) is 8.85. The van der Waals surface area contributed by atoms with Crippen LogP contribution in [0.4, 0.5) is 0 Å². The van der Waals surface area contributed by atoms with E-state index in [2.05, 4.69) is 9.97 Å². The van der Waals surface area contributed by atoms with E-state index in [-0.39, 0.29) is 5.56 Å². The number of benzene rings is 3. The zero-order valence-corrected chi connectivity index (χ0v) is 15.7. The molecule has 0 spiro atoms. The highest BCUT2D eigenvalue weighted by atomic mass is 35.5. The van der Waals surface area contributed by atoms with Crippen molar-refractivity contribution in [2.24, 2.45) is 0 Å². The number of nitrogens with one attached hydrogen (secondary N) is 1. The van der Waals surface area contributed by atoms with Crippen LogP contribution >= 0.6 is 11.6 Å². The number of carboxylic acid groups (broad SMARTS) is 1. The highest BCUT2D eigenvalue weighted by Gasteiger charge is 2.17. The van der Waals surface area contributed by atoms with Crippen LogP contribution in [-0.4, -0.2) is 31.0 Å². The molecule has 2 heterocycles. The SMILES string of the molecule is O=C(O)c1ccc2nc(-c3nc4ccccc4nc3-c3ccc(Cl)cc3)[nH]c2c1. The summed E-state index contributed by atoms with van der Waals surface area (Å²) in [7, 11) is 0. The fraction of sp³-hybridized carbons (Fsp3) is 0. The average Bonchev–Trinajstić information content (AvgIpc) is 3.16. The van der Waals surface area contributed by atoms with Gasteiger partial charge in [-0.2, -0.15) is 0 Å². The Morgan fingerprint density at radius 3 is 2.21 bits per heavy atom. The number of hydrogen-bond acceptors (Lipinski definition) is 4. The van der Waals surface area contributed by atoms with Gasteiger partial charge in [0.05, 0.1) is 27.6 Å². The molecule has 140 valence electrons. The molecule has 0 aliphatic carbocycles. The second kappa shape index (κ2) is 6.68. The monoisotopic (exact) mass is 400 g/mol. The number of nitrogens with zero attached hydrogens (tertiary/aromatic N) is 3. The number of carbonyl (C=O) groups is 1. The second-order valence-electron chi connectivity index (χ2n) is 6.54. The quantitative estimate of drug-likeness (QED) is 0.434. The van der Waals surface area contributed by atoms with Gasteiger partial charge in [0.1, 0.15) is 11.4 Å². The number of H-pyrrole nitrogens is 1. The van der Waals surface area contributed by atoms with Gasteiger partial charge in [-0.15, -0.1) is 0 Å². The number of para-hydroxylation sites is 2. The largest absolute Gasteiger partial charge is 0.478 e. The van der Waals surface area contributed by atoms with Crippen LogP contribution in [0.25, 0.3) is 44.8 Å². The first kappa shape index (κ1) is 17.3. The zero-order chi connectivity index (χ0) is 20.0. The van der Waals surface area contributed by atoms with E-state index in [1.165, 1.54) is 6.07 Å². The minimum absolute atomic E-state index is 0.190. The molecule has 7 heteroatoms. The normalized spacial score (nSPS) is 11.2. The maximum absolute atomic E-state index is 11.3. The first-order valence-corrected chi connectivity index (χ1v) is 9.22. The Bertz CT molecular complexity index is 1390. The fourth-order valence-electron chi connectivity index (χ4n) is 3.23. The van der Waals surface area contributed by atoms with Gasteiger partial charge in [0, 0.05) is 10.6 Å². The Labute approximate surface area is 169 Å². The van der Waals surface area contributed by atoms with Crippen molar-refractivity contribution in [1.82, 2.24) is 19.9 Å². The Kier molecular flexibility index (Phi) is 4.00. The summed E-state index contributed by atoms with van der Waals surface area (Å²) in [6.07, 6.45) is 0. The van der Waals surface area contributed by atoms with E-state index in [4.69, 9.17) is 21.6 Å². The van der Waals surface area contributed by atoms with E-state index >= 15 is 0 Å². The molecule has 0 fully saturated rings. The smallest absolute Gasteiger partial charge is 0.335 e. The summed E-state index contributed by atoms with van der Waals surface area (Å²) < 4.78 is 0. The summed E-state index contributed by atoms with van der Waals surface area (Å²) in [4.78, 5) is 28.7. The van der Waals surface area contributed by atoms with Crippen LogP contribution in [0, 0.1) is 0 Å². The van der Waals surface area contributed by atoms with Crippen LogP contribution in [0.2, 0.25) is 5.02 Å². The molecule has 0 bridgehead atoms. The van der Waals surface area contributed by atoms with Crippen molar-refractivity contribution >= 4 is 39.6 Å². The van der Waals surface area contributed by atoms with Crippen LogP contribution in [-0.2, 0) is 0 Å². The van der Waals surface area contributed by atoms with Crippen LogP contribution in [0.15, 0.2) is 66.7 Å². The zero-order valence-electron chi connectivity index (χ0n) is 14.9. The fourth-order valence-corrected chi connectivity index (χ4v) is 3.35. The molecule has 0 unspecified atom stereocenters. The van der Waals surface area contributed by atoms with E-state index in [1.807, 2.05) is 36.4 Å². The third-order valence-corrected chi connectivity index (χ3v) is 4.89. The highest BCUT2D eigenvalue weighted by Crippen LogP contribution is 2.31. The van der Waals surface area contributed by atoms with Gasteiger partial charge in [0.2, 0.25) is 0 Å². The van der Waals surface area contributed by atoms with Crippen molar-refractivity contribution in [3.8, 4) is 22.8 Å². The molecule has 0 radical (unpaired) electrons. The van der Waals surface area contributed by atoms with Gasteiger partial charge in [-0.05, 0) is 42.5 Å². The van der Waals surface area contributed by atoms with Gasteiger partial charge < -0.3 is 10.1 Å². The minimum atomic E-state index is -0.990. The molecule has 2 aromatic heterocycles. The molecule has 2 N–H and O–H groups in total. The van der Waals surface area contributed by atoms with Crippen molar-refractivity contribution in [2.45, 2.75) is 0 Å². The van der Waals surface area contributed by atoms with Gasteiger partial charge in [0.15, 0.2) is 5.82 Å². The van der Waals surface area contributed by atoms with E-state index in [0.717, 1.165) is 16.6 Å². The predicted octanol–water partition coefficient (Wildman–Crippen LogP) is 5.19.